The predicted molar refractivity (Wildman–Crippen MR) is 56.1 cm³/mol. The molecule has 0 unspecified atom stereocenters. The van der Waals surface area contributed by atoms with Crippen LogP contribution in [0.2, 0.25) is 0 Å². The van der Waals surface area contributed by atoms with Gasteiger partial charge < -0.3 is 11.1 Å². The molecule has 76 valence electrons. The molecule has 1 fully saturated rings. The van der Waals surface area contributed by atoms with Crippen LogP contribution in [0.25, 0.3) is 0 Å². The Hall–Kier alpha value is -0.940. The van der Waals surface area contributed by atoms with Gasteiger partial charge in [0.05, 0.1) is 5.54 Å². The quantitative estimate of drug-likeness (QED) is 0.776. The third kappa shape index (κ3) is 1.78. The minimum absolute atomic E-state index is 0.0926. The Kier molecular flexibility index (Phi) is 2.52. The molecule has 4 nitrogen and oxygen atoms in total. The van der Waals surface area contributed by atoms with Crippen LogP contribution in [-0.4, -0.2) is 16.4 Å². The van der Waals surface area contributed by atoms with Gasteiger partial charge in [0.1, 0.15) is 0 Å². The molecule has 1 aliphatic rings. The summed E-state index contributed by atoms with van der Waals surface area (Å²) in [5.41, 5.74) is 5.32. The summed E-state index contributed by atoms with van der Waals surface area (Å²) >= 11 is 1.41. The predicted octanol–water partition coefficient (Wildman–Crippen LogP) is 1.35. The van der Waals surface area contributed by atoms with E-state index in [2.05, 4.69) is 10.3 Å². The van der Waals surface area contributed by atoms with Crippen molar-refractivity contribution in [1.82, 2.24) is 4.98 Å². The number of carbonyl (C=O) groups excluding carboxylic acids is 1. The van der Waals surface area contributed by atoms with E-state index < -0.39 is 5.54 Å². The van der Waals surface area contributed by atoms with Crippen molar-refractivity contribution in [2.45, 2.75) is 31.2 Å². The molecule has 1 aromatic heterocycles. The Morgan fingerprint density at radius 1 is 1.57 bits per heavy atom. The molecule has 1 heterocycles. The summed E-state index contributed by atoms with van der Waals surface area (Å²) < 4.78 is 0. The number of carbonyl (C=O) groups is 1. The highest BCUT2D eigenvalue weighted by Gasteiger charge is 2.37. The average Bonchev–Trinajstić information content (AvgIpc) is 2.76. The van der Waals surface area contributed by atoms with Gasteiger partial charge in [-0.3, -0.25) is 4.79 Å². The lowest BCUT2D eigenvalue weighted by Gasteiger charge is -2.21. The maximum atomic E-state index is 11.8. The SMILES string of the molecule is NC1(C(=O)Nc2nccs2)CCCC1. The van der Waals surface area contributed by atoms with Crippen LogP contribution in [0.15, 0.2) is 11.6 Å². The molecule has 0 spiro atoms. The molecule has 1 amide bonds. The number of nitrogens with one attached hydrogen (secondary N) is 1. The maximum absolute atomic E-state index is 11.8. The largest absolute Gasteiger partial charge is 0.317 e. The summed E-state index contributed by atoms with van der Waals surface area (Å²) in [7, 11) is 0. The van der Waals surface area contributed by atoms with E-state index in [0.29, 0.717) is 5.13 Å². The van der Waals surface area contributed by atoms with Gasteiger partial charge in [-0.15, -0.1) is 11.3 Å². The van der Waals surface area contributed by atoms with Crippen molar-refractivity contribution in [3.8, 4) is 0 Å². The first-order chi connectivity index (χ1) is 6.71. The molecule has 0 saturated heterocycles. The first-order valence-electron chi connectivity index (χ1n) is 4.70. The van der Waals surface area contributed by atoms with Gasteiger partial charge in [-0.25, -0.2) is 4.98 Å². The monoisotopic (exact) mass is 211 g/mol. The van der Waals surface area contributed by atoms with E-state index in [-0.39, 0.29) is 5.91 Å². The van der Waals surface area contributed by atoms with E-state index in [4.69, 9.17) is 5.73 Å². The highest BCUT2D eigenvalue weighted by Crippen LogP contribution is 2.28. The van der Waals surface area contributed by atoms with Gasteiger partial charge in [0.15, 0.2) is 5.13 Å². The Bertz CT molecular complexity index is 317. The third-order valence-corrected chi connectivity index (χ3v) is 3.29. The lowest BCUT2D eigenvalue weighted by atomic mass is 9.98. The van der Waals surface area contributed by atoms with E-state index >= 15 is 0 Å². The summed E-state index contributed by atoms with van der Waals surface area (Å²) in [6, 6.07) is 0. The van der Waals surface area contributed by atoms with Gasteiger partial charge in [-0.1, -0.05) is 12.8 Å². The number of hydrogen-bond acceptors (Lipinski definition) is 4. The highest BCUT2D eigenvalue weighted by molar-refractivity contribution is 7.13. The molecule has 14 heavy (non-hydrogen) atoms. The standard InChI is InChI=1S/C9H13N3OS/c10-9(3-1-2-4-9)7(13)12-8-11-5-6-14-8/h5-6H,1-4,10H2,(H,11,12,13). The molecule has 0 atom stereocenters. The van der Waals surface area contributed by atoms with Crippen molar-refractivity contribution in [1.29, 1.82) is 0 Å². The number of anilines is 1. The zero-order valence-electron chi connectivity index (χ0n) is 7.82. The fraction of sp³-hybridized carbons (Fsp3) is 0.556. The Labute approximate surface area is 86.5 Å². The van der Waals surface area contributed by atoms with Crippen LogP contribution in [0.1, 0.15) is 25.7 Å². The van der Waals surface area contributed by atoms with Crippen LogP contribution >= 0.6 is 11.3 Å². The van der Waals surface area contributed by atoms with E-state index in [9.17, 15) is 4.79 Å². The maximum Gasteiger partial charge on any atom is 0.246 e. The van der Waals surface area contributed by atoms with Gasteiger partial charge in [0, 0.05) is 11.6 Å². The molecule has 0 aliphatic heterocycles. The molecular formula is C9H13N3OS. The zero-order valence-corrected chi connectivity index (χ0v) is 8.64. The van der Waals surface area contributed by atoms with Gasteiger partial charge in [-0.05, 0) is 12.8 Å². The van der Waals surface area contributed by atoms with E-state index in [1.54, 1.807) is 6.20 Å². The fourth-order valence-corrected chi connectivity index (χ4v) is 2.26. The van der Waals surface area contributed by atoms with Crippen molar-refractivity contribution in [2.24, 2.45) is 5.73 Å². The van der Waals surface area contributed by atoms with E-state index in [1.165, 1.54) is 11.3 Å². The van der Waals surface area contributed by atoms with Crippen molar-refractivity contribution in [3.05, 3.63) is 11.6 Å². The van der Waals surface area contributed by atoms with Crippen LogP contribution in [0.5, 0.6) is 0 Å². The normalized spacial score (nSPS) is 19.5. The molecule has 3 N–H and O–H groups in total. The van der Waals surface area contributed by atoms with Gasteiger partial charge >= 0.3 is 0 Å². The minimum Gasteiger partial charge on any atom is -0.317 e. The summed E-state index contributed by atoms with van der Waals surface area (Å²) in [6.07, 6.45) is 5.32. The first-order valence-corrected chi connectivity index (χ1v) is 5.58. The van der Waals surface area contributed by atoms with Crippen LogP contribution < -0.4 is 11.1 Å². The Morgan fingerprint density at radius 2 is 2.29 bits per heavy atom. The summed E-state index contributed by atoms with van der Waals surface area (Å²) in [6.45, 7) is 0. The Balaban J connectivity index is 2.02. The van der Waals surface area contributed by atoms with Gasteiger partial charge in [0.2, 0.25) is 5.91 Å². The Morgan fingerprint density at radius 3 is 2.86 bits per heavy atom. The number of thiazole rings is 1. The highest BCUT2D eigenvalue weighted by atomic mass is 32.1. The lowest BCUT2D eigenvalue weighted by molar-refractivity contribution is -0.121. The number of rotatable bonds is 2. The topological polar surface area (TPSA) is 68.0 Å². The van der Waals surface area contributed by atoms with Gasteiger partial charge in [-0.2, -0.15) is 0 Å². The summed E-state index contributed by atoms with van der Waals surface area (Å²) in [5.74, 6) is -0.0926. The lowest BCUT2D eigenvalue weighted by Crippen LogP contribution is -2.48. The molecule has 0 radical (unpaired) electrons. The third-order valence-electron chi connectivity index (χ3n) is 2.60. The van der Waals surface area contributed by atoms with Crippen molar-refractivity contribution in [3.63, 3.8) is 0 Å². The van der Waals surface area contributed by atoms with E-state index in [1.807, 2.05) is 5.38 Å². The number of hydrogen-bond donors (Lipinski definition) is 2. The van der Waals surface area contributed by atoms with Crippen LogP contribution in [0.4, 0.5) is 5.13 Å². The first kappa shape index (κ1) is 9.61. The number of nitrogens with two attached hydrogens (primary N) is 1. The average molecular weight is 211 g/mol. The number of aromatic nitrogens is 1. The van der Waals surface area contributed by atoms with Crippen molar-refractivity contribution >= 4 is 22.4 Å². The minimum atomic E-state index is -0.661. The van der Waals surface area contributed by atoms with Crippen molar-refractivity contribution in [2.75, 3.05) is 5.32 Å². The van der Waals surface area contributed by atoms with Crippen LogP contribution in [-0.2, 0) is 4.79 Å². The molecule has 1 aromatic rings. The molecule has 0 bridgehead atoms. The second kappa shape index (κ2) is 3.67. The molecular weight excluding hydrogens is 198 g/mol. The number of amides is 1. The smallest absolute Gasteiger partial charge is 0.246 e. The van der Waals surface area contributed by atoms with Gasteiger partial charge in [0.25, 0.3) is 0 Å². The van der Waals surface area contributed by atoms with Crippen molar-refractivity contribution < 1.29 is 4.79 Å². The number of nitrogens with zero attached hydrogens (tertiary/aromatic N) is 1. The molecule has 0 aromatic carbocycles. The second-order valence-corrected chi connectivity index (χ2v) is 4.55. The molecule has 5 heteroatoms. The fourth-order valence-electron chi connectivity index (χ4n) is 1.74. The van der Waals surface area contributed by atoms with Crippen LogP contribution in [0, 0.1) is 0 Å². The zero-order chi connectivity index (χ0) is 10.0. The summed E-state index contributed by atoms with van der Waals surface area (Å²) in [4.78, 5) is 15.8. The van der Waals surface area contributed by atoms with Crippen LogP contribution in [0.3, 0.4) is 0 Å². The molecule has 1 aliphatic carbocycles. The molecule has 2 rings (SSSR count). The summed E-state index contributed by atoms with van der Waals surface area (Å²) in [5, 5.41) is 5.21. The van der Waals surface area contributed by atoms with E-state index in [0.717, 1.165) is 25.7 Å². The molecule has 1 saturated carbocycles. The second-order valence-electron chi connectivity index (χ2n) is 3.65.